The molecule has 0 aliphatic rings. The Morgan fingerprint density at radius 3 is 2.07 bits per heavy atom. The summed E-state index contributed by atoms with van der Waals surface area (Å²) in [6.07, 6.45) is 4.08. The first-order valence-electron chi connectivity index (χ1n) is 8.64. The van der Waals surface area contributed by atoms with Crippen molar-refractivity contribution in [2.24, 2.45) is 0 Å². The Kier molecular flexibility index (Phi) is 4.63. The lowest BCUT2D eigenvalue weighted by molar-refractivity contribution is 0.435. The molecule has 0 amide bonds. The third-order valence-corrected chi connectivity index (χ3v) is 4.29. The Morgan fingerprint density at radius 2 is 1.41 bits per heavy atom. The van der Waals surface area contributed by atoms with Gasteiger partial charge in [-0.25, -0.2) is 0 Å². The zero-order valence-electron chi connectivity index (χ0n) is 14.5. The highest BCUT2D eigenvalue weighted by Gasteiger charge is 2.17. The van der Waals surface area contributed by atoms with Gasteiger partial charge in [-0.3, -0.25) is 0 Å². The number of aromatic nitrogens is 1. The first-order valence-corrected chi connectivity index (χ1v) is 8.64. The Bertz CT molecular complexity index is 1100. The molecule has 4 aromatic rings. The predicted octanol–water partition coefficient (Wildman–Crippen LogP) is 6.05. The summed E-state index contributed by atoms with van der Waals surface area (Å²) < 4.78 is 5.71. The van der Waals surface area contributed by atoms with Crippen molar-refractivity contribution in [3.63, 3.8) is 0 Å². The molecule has 0 aliphatic carbocycles. The highest BCUT2D eigenvalue weighted by molar-refractivity contribution is 5.86. The van der Waals surface area contributed by atoms with Gasteiger partial charge in [0.25, 0.3) is 0 Å². The SMILES string of the molecule is N#Cc1ccc(-c2onc(-c3ccccc3)c2/C=C/c2ccccc2)cc1. The van der Waals surface area contributed by atoms with E-state index in [-0.39, 0.29) is 0 Å². The fourth-order valence-electron chi connectivity index (χ4n) is 2.90. The first-order chi connectivity index (χ1) is 13.3. The molecule has 0 saturated heterocycles. The summed E-state index contributed by atoms with van der Waals surface area (Å²) in [6, 6.07) is 29.5. The monoisotopic (exact) mass is 348 g/mol. The second-order valence-electron chi connectivity index (χ2n) is 6.07. The molecular weight excluding hydrogens is 332 g/mol. The summed E-state index contributed by atoms with van der Waals surface area (Å²) in [7, 11) is 0. The molecule has 4 rings (SSSR count). The predicted molar refractivity (Wildman–Crippen MR) is 107 cm³/mol. The van der Waals surface area contributed by atoms with Crippen molar-refractivity contribution >= 4 is 12.2 Å². The van der Waals surface area contributed by atoms with Crippen LogP contribution in [0.5, 0.6) is 0 Å². The zero-order chi connectivity index (χ0) is 18.5. The average Bonchev–Trinajstić information content (AvgIpc) is 3.17. The van der Waals surface area contributed by atoms with Gasteiger partial charge < -0.3 is 4.52 Å². The third-order valence-electron chi connectivity index (χ3n) is 4.29. The number of benzene rings is 3. The summed E-state index contributed by atoms with van der Waals surface area (Å²) in [5.74, 6) is 0.686. The van der Waals surface area contributed by atoms with Gasteiger partial charge in [0.15, 0.2) is 5.76 Å². The van der Waals surface area contributed by atoms with Gasteiger partial charge in [-0.05, 0) is 35.9 Å². The van der Waals surface area contributed by atoms with Gasteiger partial charge in [0.2, 0.25) is 0 Å². The van der Waals surface area contributed by atoms with Gasteiger partial charge in [0.05, 0.1) is 17.2 Å². The van der Waals surface area contributed by atoms with Crippen LogP contribution in [0.4, 0.5) is 0 Å². The topological polar surface area (TPSA) is 49.8 Å². The van der Waals surface area contributed by atoms with Crippen LogP contribution >= 0.6 is 0 Å². The molecule has 1 aromatic heterocycles. The maximum atomic E-state index is 9.02. The summed E-state index contributed by atoms with van der Waals surface area (Å²) in [5.41, 5.74) is 5.30. The highest BCUT2D eigenvalue weighted by atomic mass is 16.5. The van der Waals surface area contributed by atoms with Gasteiger partial charge in [0, 0.05) is 11.1 Å². The van der Waals surface area contributed by atoms with Crippen LogP contribution in [0.3, 0.4) is 0 Å². The minimum atomic E-state index is 0.614. The van der Waals surface area contributed by atoms with E-state index >= 15 is 0 Å². The summed E-state index contributed by atoms with van der Waals surface area (Å²) in [4.78, 5) is 0. The molecule has 0 saturated carbocycles. The molecule has 0 bridgehead atoms. The minimum Gasteiger partial charge on any atom is -0.355 e. The Morgan fingerprint density at radius 1 is 0.741 bits per heavy atom. The maximum absolute atomic E-state index is 9.02. The van der Waals surface area contributed by atoms with Crippen molar-refractivity contribution in [2.75, 3.05) is 0 Å². The zero-order valence-corrected chi connectivity index (χ0v) is 14.5. The van der Waals surface area contributed by atoms with Crippen LogP contribution in [0, 0.1) is 11.3 Å². The molecule has 27 heavy (non-hydrogen) atoms. The van der Waals surface area contributed by atoms with E-state index in [0.29, 0.717) is 11.3 Å². The molecule has 128 valence electrons. The first kappa shape index (κ1) is 16.6. The smallest absolute Gasteiger partial charge is 0.174 e. The minimum absolute atomic E-state index is 0.614. The van der Waals surface area contributed by atoms with Gasteiger partial charge in [-0.2, -0.15) is 5.26 Å². The molecule has 0 radical (unpaired) electrons. The van der Waals surface area contributed by atoms with E-state index in [2.05, 4.69) is 11.2 Å². The third kappa shape index (κ3) is 3.56. The molecule has 0 aliphatic heterocycles. The van der Waals surface area contributed by atoms with Crippen molar-refractivity contribution in [3.05, 3.63) is 102 Å². The van der Waals surface area contributed by atoms with E-state index in [9.17, 15) is 0 Å². The summed E-state index contributed by atoms with van der Waals surface area (Å²) in [6.45, 7) is 0. The molecule has 3 heteroatoms. The van der Waals surface area contributed by atoms with Crippen LogP contribution in [0.15, 0.2) is 89.5 Å². The second kappa shape index (κ2) is 7.55. The van der Waals surface area contributed by atoms with Crippen molar-refractivity contribution < 1.29 is 4.52 Å². The molecule has 0 atom stereocenters. The summed E-state index contributed by atoms with van der Waals surface area (Å²) in [5, 5.41) is 13.3. The molecule has 0 unspecified atom stereocenters. The maximum Gasteiger partial charge on any atom is 0.174 e. The Balaban J connectivity index is 1.82. The molecular formula is C24H16N2O. The Labute approximate surface area is 157 Å². The van der Waals surface area contributed by atoms with Crippen molar-refractivity contribution in [3.8, 4) is 28.7 Å². The lowest BCUT2D eigenvalue weighted by Gasteiger charge is -2.01. The van der Waals surface area contributed by atoms with Crippen molar-refractivity contribution in [1.82, 2.24) is 5.16 Å². The second-order valence-corrected chi connectivity index (χ2v) is 6.07. The number of hydrogen-bond acceptors (Lipinski definition) is 3. The lowest BCUT2D eigenvalue weighted by Crippen LogP contribution is -1.83. The van der Waals surface area contributed by atoms with Gasteiger partial charge in [0.1, 0.15) is 5.69 Å². The molecule has 3 aromatic carbocycles. The number of nitriles is 1. The molecule has 3 nitrogen and oxygen atoms in total. The van der Waals surface area contributed by atoms with Crippen molar-refractivity contribution in [1.29, 1.82) is 5.26 Å². The molecule has 1 heterocycles. The van der Waals surface area contributed by atoms with E-state index in [1.807, 2.05) is 84.9 Å². The quantitative estimate of drug-likeness (QED) is 0.451. The van der Waals surface area contributed by atoms with Crippen molar-refractivity contribution in [2.45, 2.75) is 0 Å². The van der Waals surface area contributed by atoms with Crippen LogP contribution in [-0.2, 0) is 0 Å². The number of rotatable bonds is 4. The van der Waals surface area contributed by atoms with E-state index in [0.717, 1.165) is 27.9 Å². The summed E-state index contributed by atoms with van der Waals surface area (Å²) >= 11 is 0. The fraction of sp³-hybridized carbons (Fsp3) is 0. The normalized spacial score (nSPS) is 10.8. The van der Waals surface area contributed by atoms with Crippen LogP contribution < -0.4 is 0 Å². The molecule has 0 N–H and O–H groups in total. The highest BCUT2D eigenvalue weighted by Crippen LogP contribution is 2.33. The standard InChI is InChI=1S/C24H16N2O/c25-17-19-11-14-21(15-12-19)24-22(16-13-18-7-3-1-4-8-18)23(26-27-24)20-9-5-2-6-10-20/h1-16H/b16-13+. The molecule has 0 spiro atoms. The van der Waals surface area contributed by atoms with E-state index < -0.39 is 0 Å². The van der Waals surface area contributed by atoms with Crippen LogP contribution in [0.1, 0.15) is 16.7 Å². The lowest BCUT2D eigenvalue weighted by atomic mass is 10.0. The van der Waals surface area contributed by atoms with Crippen LogP contribution in [-0.4, -0.2) is 5.16 Å². The molecule has 0 fully saturated rings. The van der Waals surface area contributed by atoms with Crippen LogP contribution in [0.25, 0.3) is 34.7 Å². The number of nitrogens with zero attached hydrogens (tertiary/aromatic N) is 2. The van der Waals surface area contributed by atoms with E-state index in [4.69, 9.17) is 9.78 Å². The van der Waals surface area contributed by atoms with Gasteiger partial charge >= 0.3 is 0 Å². The average molecular weight is 348 g/mol. The van der Waals surface area contributed by atoms with Gasteiger partial charge in [-0.1, -0.05) is 71.9 Å². The van der Waals surface area contributed by atoms with Gasteiger partial charge in [-0.15, -0.1) is 0 Å². The fourth-order valence-corrected chi connectivity index (χ4v) is 2.90. The Hall–Kier alpha value is -3.90. The van der Waals surface area contributed by atoms with E-state index in [1.165, 1.54) is 0 Å². The number of hydrogen-bond donors (Lipinski definition) is 0. The van der Waals surface area contributed by atoms with Crippen LogP contribution in [0.2, 0.25) is 0 Å². The largest absolute Gasteiger partial charge is 0.355 e. The van der Waals surface area contributed by atoms with E-state index in [1.54, 1.807) is 12.1 Å².